The predicted molar refractivity (Wildman–Crippen MR) is 139 cm³/mol. The first-order valence-corrected chi connectivity index (χ1v) is 13.1. The van der Waals surface area contributed by atoms with Crippen molar-refractivity contribution < 1.29 is 27.1 Å². The maximum absolute atomic E-state index is 14.4. The summed E-state index contributed by atoms with van der Waals surface area (Å²) in [5.41, 5.74) is 0.370. The molecule has 0 unspecified atom stereocenters. The summed E-state index contributed by atoms with van der Waals surface area (Å²) in [5.74, 6) is -1.28. The molecule has 3 rings (SSSR count). The molecule has 0 bridgehead atoms. The molecule has 196 valence electrons. The Morgan fingerprint density at radius 3 is 2.22 bits per heavy atom. The van der Waals surface area contributed by atoms with Crippen molar-refractivity contribution in [3.8, 4) is 5.75 Å². The molecule has 3 aromatic carbocycles. The summed E-state index contributed by atoms with van der Waals surface area (Å²) in [6.45, 7) is 0.602. The van der Waals surface area contributed by atoms with E-state index >= 15 is 0 Å². The molecular weight excluding hydrogens is 521 g/mol. The molecule has 37 heavy (non-hydrogen) atoms. The van der Waals surface area contributed by atoms with Crippen molar-refractivity contribution in [1.82, 2.24) is 10.2 Å². The molecule has 0 aliphatic heterocycles. The fraction of sp³-hybridized carbons (Fsp3) is 0.231. The van der Waals surface area contributed by atoms with Gasteiger partial charge in [-0.25, -0.2) is 12.8 Å². The monoisotopic (exact) mass is 547 g/mol. The van der Waals surface area contributed by atoms with Gasteiger partial charge in [0.25, 0.3) is 10.0 Å². The Labute approximate surface area is 220 Å². The molecule has 11 heteroatoms. The zero-order valence-electron chi connectivity index (χ0n) is 20.5. The van der Waals surface area contributed by atoms with E-state index in [-0.39, 0.29) is 22.7 Å². The van der Waals surface area contributed by atoms with Gasteiger partial charge in [-0.3, -0.25) is 13.9 Å². The quantitative estimate of drug-likeness (QED) is 0.416. The van der Waals surface area contributed by atoms with Crippen molar-refractivity contribution in [3.63, 3.8) is 0 Å². The summed E-state index contributed by atoms with van der Waals surface area (Å²) in [5, 5.41) is 2.85. The Balaban J connectivity index is 2.03. The van der Waals surface area contributed by atoms with Gasteiger partial charge in [0.2, 0.25) is 11.8 Å². The number of methoxy groups -OCH3 is 1. The molecule has 0 radical (unpaired) electrons. The van der Waals surface area contributed by atoms with E-state index in [4.69, 9.17) is 16.3 Å². The van der Waals surface area contributed by atoms with E-state index in [9.17, 15) is 22.4 Å². The maximum atomic E-state index is 14.4. The lowest BCUT2D eigenvalue weighted by Gasteiger charge is -2.31. The van der Waals surface area contributed by atoms with Crippen molar-refractivity contribution in [2.75, 3.05) is 25.0 Å². The van der Waals surface area contributed by atoms with Crippen LogP contribution in [0.15, 0.2) is 77.7 Å². The molecule has 2 amide bonds. The van der Waals surface area contributed by atoms with E-state index in [0.717, 1.165) is 9.21 Å². The first-order chi connectivity index (χ1) is 17.6. The van der Waals surface area contributed by atoms with Gasteiger partial charge in [-0.05, 0) is 61.5 Å². The lowest BCUT2D eigenvalue weighted by Crippen LogP contribution is -2.50. The maximum Gasteiger partial charge on any atom is 0.264 e. The van der Waals surface area contributed by atoms with Crippen molar-refractivity contribution >= 4 is 39.1 Å². The molecule has 0 spiro atoms. The SMILES string of the molecule is CNC(=O)[C@@H](C)N(Cc1ccccc1F)C(=O)CN(c1ccc(Cl)cc1)S(=O)(=O)c1ccc(OC)cc1. The molecule has 1 N–H and O–H groups in total. The highest BCUT2D eigenvalue weighted by molar-refractivity contribution is 7.92. The highest BCUT2D eigenvalue weighted by Crippen LogP contribution is 2.27. The number of anilines is 1. The van der Waals surface area contributed by atoms with Crippen molar-refractivity contribution in [2.24, 2.45) is 0 Å². The van der Waals surface area contributed by atoms with Crippen LogP contribution in [0.5, 0.6) is 5.75 Å². The van der Waals surface area contributed by atoms with E-state index in [1.165, 1.54) is 87.8 Å². The lowest BCUT2D eigenvalue weighted by atomic mass is 10.1. The Morgan fingerprint density at radius 1 is 1.03 bits per heavy atom. The number of carbonyl (C=O) groups is 2. The van der Waals surface area contributed by atoms with Crippen LogP contribution >= 0.6 is 11.6 Å². The normalized spacial score (nSPS) is 11.9. The van der Waals surface area contributed by atoms with Gasteiger partial charge < -0.3 is 15.0 Å². The molecule has 3 aromatic rings. The highest BCUT2D eigenvalue weighted by Gasteiger charge is 2.32. The number of rotatable bonds is 10. The minimum absolute atomic E-state index is 0.0731. The largest absolute Gasteiger partial charge is 0.497 e. The van der Waals surface area contributed by atoms with Gasteiger partial charge in [0.05, 0.1) is 17.7 Å². The van der Waals surface area contributed by atoms with E-state index in [1.807, 2.05) is 0 Å². The number of ether oxygens (including phenoxy) is 1. The second kappa shape index (κ2) is 12.1. The Kier molecular flexibility index (Phi) is 9.12. The molecule has 0 aromatic heterocycles. The molecule has 8 nitrogen and oxygen atoms in total. The number of sulfonamides is 1. The number of nitrogens with one attached hydrogen (secondary N) is 1. The number of hydrogen-bond acceptors (Lipinski definition) is 5. The van der Waals surface area contributed by atoms with Crippen molar-refractivity contribution in [3.05, 3.63) is 89.2 Å². The Morgan fingerprint density at radius 2 is 1.65 bits per heavy atom. The molecule has 0 aliphatic rings. The average Bonchev–Trinajstić information content (AvgIpc) is 2.90. The molecule has 0 aliphatic carbocycles. The van der Waals surface area contributed by atoms with Gasteiger partial charge >= 0.3 is 0 Å². The Bertz CT molecular complexity index is 1350. The standard InChI is InChI=1S/C26H27ClFN3O5S/c1-18(26(33)29-2)30(16-19-6-4-5-7-24(19)28)25(32)17-31(21-10-8-20(27)9-11-21)37(34,35)23-14-12-22(36-3)13-15-23/h4-15,18H,16-17H2,1-3H3,(H,29,33)/t18-/m1/s1. The molecule has 1 atom stereocenters. The second-order valence-electron chi connectivity index (χ2n) is 8.07. The first-order valence-electron chi connectivity index (χ1n) is 11.2. The van der Waals surface area contributed by atoms with Gasteiger partial charge in [-0.2, -0.15) is 0 Å². The molecule has 0 saturated heterocycles. The van der Waals surface area contributed by atoms with E-state index in [2.05, 4.69) is 5.32 Å². The zero-order chi connectivity index (χ0) is 27.2. The third-order valence-corrected chi connectivity index (χ3v) is 7.79. The van der Waals surface area contributed by atoms with Crippen LogP contribution in [0.3, 0.4) is 0 Å². The number of amides is 2. The predicted octanol–water partition coefficient (Wildman–Crippen LogP) is 3.85. The van der Waals surface area contributed by atoms with E-state index in [0.29, 0.717) is 10.8 Å². The topological polar surface area (TPSA) is 96.0 Å². The summed E-state index contributed by atoms with van der Waals surface area (Å²) < 4.78 is 47.8. The fourth-order valence-electron chi connectivity index (χ4n) is 3.61. The van der Waals surface area contributed by atoms with Crippen molar-refractivity contribution in [2.45, 2.75) is 24.4 Å². The fourth-order valence-corrected chi connectivity index (χ4v) is 5.15. The first kappa shape index (κ1) is 27.9. The number of benzene rings is 3. The van der Waals surface area contributed by atoms with Crippen LogP contribution < -0.4 is 14.4 Å². The van der Waals surface area contributed by atoms with E-state index < -0.39 is 40.2 Å². The van der Waals surface area contributed by atoms with Crippen LogP contribution in [0.25, 0.3) is 0 Å². The number of likely N-dealkylation sites (N-methyl/N-ethyl adjacent to an activating group) is 1. The summed E-state index contributed by atoms with van der Waals surface area (Å²) >= 11 is 6.00. The minimum Gasteiger partial charge on any atom is -0.497 e. The van der Waals surface area contributed by atoms with Gasteiger partial charge in [-0.15, -0.1) is 0 Å². The summed E-state index contributed by atoms with van der Waals surface area (Å²) in [4.78, 5) is 27.1. The smallest absolute Gasteiger partial charge is 0.264 e. The van der Waals surface area contributed by atoms with Crippen LogP contribution in [0.1, 0.15) is 12.5 Å². The van der Waals surface area contributed by atoms with E-state index in [1.54, 1.807) is 6.07 Å². The van der Waals surface area contributed by atoms with Gasteiger partial charge in [0.15, 0.2) is 0 Å². The van der Waals surface area contributed by atoms with Gasteiger partial charge in [-0.1, -0.05) is 29.8 Å². The second-order valence-corrected chi connectivity index (χ2v) is 10.4. The van der Waals surface area contributed by atoms with Gasteiger partial charge in [0, 0.05) is 24.2 Å². The van der Waals surface area contributed by atoms with Crippen LogP contribution in [0.2, 0.25) is 5.02 Å². The van der Waals surface area contributed by atoms with Gasteiger partial charge in [0.1, 0.15) is 24.2 Å². The van der Waals surface area contributed by atoms with Crippen LogP contribution in [-0.2, 0) is 26.2 Å². The highest BCUT2D eigenvalue weighted by atomic mass is 35.5. The average molecular weight is 548 g/mol. The van der Waals surface area contributed by atoms with Crippen molar-refractivity contribution in [1.29, 1.82) is 0 Å². The molecule has 0 heterocycles. The lowest BCUT2D eigenvalue weighted by molar-refractivity contribution is -0.139. The number of carbonyl (C=O) groups excluding carboxylic acids is 2. The molecule has 0 saturated carbocycles. The summed E-state index contributed by atoms with van der Waals surface area (Å²) in [7, 11) is -1.37. The zero-order valence-corrected chi connectivity index (χ0v) is 22.1. The third kappa shape index (κ3) is 6.58. The molecular formula is C26H27ClFN3O5S. The van der Waals surface area contributed by atoms with Crippen LogP contribution in [0, 0.1) is 5.82 Å². The Hall–Kier alpha value is -3.63. The third-order valence-electron chi connectivity index (χ3n) is 5.75. The number of nitrogens with zero attached hydrogens (tertiary/aromatic N) is 2. The number of hydrogen-bond donors (Lipinski definition) is 1. The summed E-state index contributed by atoms with van der Waals surface area (Å²) in [6, 6.07) is 16.5. The molecule has 0 fully saturated rings. The van der Waals surface area contributed by atoms with Crippen LogP contribution in [-0.4, -0.2) is 51.9 Å². The summed E-state index contributed by atoms with van der Waals surface area (Å²) in [6.07, 6.45) is 0. The van der Waals surface area contributed by atoms with Crippen LogP contribution in [0.4, 0.5) is 10.1 Å². The minimum atomic E-state index is -4.24. The number of halogens is 2.